The number of aryl methyl sites for hydroxylation is 2. The molecule has 0 bridgehead atoms. The van der Waals surface area contributed by atoms with Crippen LogP contribution in [0.3, 0.4) is 0 Å². The Morgan fingerprint density at radius 1 is 1.32 bits per heavy atom. The van der Waals surface area contributed by atoms with E-state index in [9.17, 15) is 4.79 Å². The molecule has 0 radical (unpaired) electrons. The zero-order valence-corrected chi connectivity index (χ0v) is 17.5. The fraction of sp³-hybridized carbons (Fsp3) is 0.571. The highest BCUT2D eigenvalue weighted by atomic mass is 32.1. The Balaban J connectivity index is 1.26. The molecule has 2 aliphatic rings. The zero-order chi connectivity index (χ0) is 19.5. The number of carbonyl (C=O) groups is 1. The van der Waals surface area contributed by atoms with Gasteiger partial charge in [-0.15, -0.1) is 11.3 Å². The number of carbonyl (C=O) groups excluding carboxylic acids is 1. The molecule has 1 saturated heterocycles. The molecule has 2 aromatic heterocycles. The standard InChI is InChI=1S/C21H29N5OS/c1-15-21(28-14-22-15)19-12-18(25(2)24-19)13-26-9-7-17(8-10-26)23-20(27)11-16-5-3-4-6-16/h3,5,12,14,16-17H,4,6-11,13H2,1-2H3,(H,23,27)/t16-/m1/s1. The maximum atomic E-state index is 12.3. The lowest BCUT2D eigenvalue weighted by molar-refractivity contribution is -0.122. The van der Waals surface area contributed by atoms with E-state index in [0.29, 0.717) is 18.4 Å². The summed E-state index contributed by atoms with van der Waals surface area (Å²) >= 11 is 1.64. The molecule has 0 unspecified atom stereocenters. The van der Waals surface area contributed by atoms with Crippen molar-refractivity contribution in [1.82, 2.24) is 25.0 Å². The smallest absolute Gasteiger partial charge is 0.220 e. The summed E-state index contributed by atoms with van der Waals surface area (Å²) in [4.78, 5) is 20.2. The van der Waals surface area contributed by atoms with Gasteiger partial charge in [-0.2, -0.15) is 5.10 Å². The van der Waals surface area contributed by atoms with E-state index in [0.717, 1.165) is 61.6 Å². The molecule has 0 aromatic carbocycles. The van der Waals surface area contributed by atoms with Crippen molar-refractivity contribution in [2.75, 3.05) is 13.1 Å². The van der Waals surface area contributed by atoms with Crippen LogP contribution in [0.5, 0.6) is 0 Å². The summed E-state index contributed by atoms with van der Waals surface area (Å²) in [7, 11) is 2.01. The summed E-state index contributed by atoms with van der Waals surface area (Å²) in [6.45, 7) is 4.94. The number of hydrogen-bond donors (Lipinski definition) is 1. The van der Waals surface area contributed by atoms with Crippen LogP contribution in [-0.2, 0) is 18.4 Å². The van der Waals surface area contributed by atoms with Crippen molar-refractivity contribution in [3.8, 4) is 10.6 Å². The van der Waals surface area contributed by atoms with Crippen molar-refractivity contribution in [1.29, 1.82) is 0 Å². The molecule has 6 nitrogen and oxygen atoms in total. The van der Waals surface area contributed by atoms with Crippen LogP contribution in [0.1, 0.15) is 43.5 Å². The minimum Gasteiger partial charge on any atom is -0.353 e. The Hall–Kier alpha value is -1.99. The number of allylic oxidation sites excluding steroid dienone is 2. The molecule has 2 aromatic rings. The summed E-state index contributed by atoms with van der Waals surface area (Å²) in [5.41, 5.74) is 5.15. The highest BCUT2D eigenvalue weighted by Gasteiger charge is 2.23. The first-order chi connectivity index (χ1) is 13.6. The quantitative estimate of drug-likeness (QED) is 0.757. The van der Waals surface area contributed by atoms with Crippen molar-refractivity contribution >= 4 is 17.2 Å². The molecule has 1 atom stereocenters. The molecule has 0 saturated carbocycles. The SMILES string of the molecule is Cc1ncsc1-c1cc(CN2CCC(NC(=O)C[C@@H]3C=CCC3)CC2)n(C)n1. The number of aromatic nitrogens is 3. The van der Waals surface area contributed by atoms with Gasteiger partial charge in [0.1, 0.15) is 5.69 Å². The fourth-order valence-electron chi connectivity index (χ4n) is 4.17. The average Bonchev–Trinajstić information content (AvgIpc) is 3.40. The number of amides is 1. The Morgan fingerprint density at radius 2 is 2.14 bits per heavy atom. The van der Waals surface area contributed by atoms with Gasteiger partial charge < -0.3 is 5.32 Å². The van der Waals surface area contributed by atoms with Crippen LogP contribution in [0.25, 0.3) is 10.6 Å². The number of thiazole rings is 1. The molecule has 150 valence electrons. The van der Waals surface area contributed by atoms with Gasteiger partial charge in [-0.25, -0.2) is 4.98 Å². The Labute approximate surface area is 170 Å². The molecule has 1 aliphatic heterocycles. The molecular weight excluding hydrogens is 370 g/mol. The summed E-state index contributed by atoms with van der Waals surface area (Å²) < 4.78 is 1.98. The van der Waals surface area contributed by atoms with Crippen LogP contribution in [0.2, 0.25) is 0 Å². The van der Waals surface area contributed by atoms with Crippen LogP contribution < -0.4 is 5.32 Å². The molecule has 28 heavy (non-hydrogen) atoms. The van der Waals surface area contributed by atoms with Crippen LogP contribution in [0, 0.1) is 12.8 Å². The Bertz CT molecular complexity index is 847. The summed E-state index contributed by atoms with van der Waals surface area (Å²) in [6, 6.07) is 2.50. The predicted molar refractivity (Wildman–Crippen MR) is 112 cm³/mol. The van der Waals surface area contributed by atoms with E-state index in [2.05, 4.69) is 38.5 Å². The summed E-state index contributed by atoms with van der Waals surface area (Å²) in [5, 5.41) is 7.93. The maximum absolute atomic E-state index is 12.3. The van der Waals surface area contributed by atoms with Crippen molar-refractivity contribution < 1.29 is 4.79 Å². The lowest BCUT2D eigenvalue weighted by Gasteiger charge is -2.32. The third-order valence-electron chi connectivity index (χ3n) is 5.85. The topological polar surface area (TPSA) is 63.1 Å². The van der Waals surface area contributed by atoms with Gasteiger partial charge in [0.2, 0.25) is 5.91 Å². The van der Waals surface area contributed by atoms with Crippen LogP contribution in [0.15, 0.2) is 23.7 Å². The molecule has 3 heterocycles. The van der Waals surface area contributed by atoms with Crippen molar-refractivity contribution in [3.05, 3.63) is 35.1 Å². The van der Waals surface area contributed by atoms with Crippen molar-refractivity contribution in [3.63, 3.8) is 0 Å². The monoisotopic (exact) mass is 399 g/mol. The number of rotatable bonds is 6. The highest BCUT2D eigenvalue weighted by Crippen LogP contribution is 2.27. The fourth-order valence-corrected chi connectivity index (χ4v) is 4.93. The number of nitrogens with zero attached hydrogens (tertiary/aromatic N) is 4. The van der Waals surface area contributed by atoms with Gasteiger partial charge >= 0.3 is 0 Å². The molecule has 7 heteroatoms. The zero-order valence-electron chi connectivity index (χ0n) is 16.7. The van der Waals surface area contributed by atoms with Crippen molar-refractivity contribution in [2.45, 2.75) is 51.6 Å². The van der Waals surface area contributed by atoms with E-state index in [1.807, 2.05) is 24.2 Å². The number of nitrogens with one attached hydrogen (secondary N) is 1. The van der Waals surface area contributed by atoms with Crippen molar-refractivity contribution in [2.24, 2.45) is 13.0 Å². The second-order valence-electron chi connectivity index (χ2n) is 8.00. The van der Waals surface area contributed by atoms with E-state index in [-0.39, 0.29) is 5.91 Å². The highest BCUT2D eigenvalue weighted by molar-refractivity contribution is 7.13. The van der Waals surface area contributed by atoms with E-state index in [4.69, 9.17) is 0 Å². The largest absolute Gasteiger partial charge is 0.353 e. The molecule has 1 N–H and O–H groups in total. The number of piperidine rings is 1. The third kappa shape index (κ3) is 4.52. The third-order valence-corrected chi connectivity index (χ3v) is 6.80. The first-order valence-corrected chi connectivity index (χ1v) is 11.1. The Morgan fingerprint density at radius 3 is 2.82 bits per heavy atom. The van der Waals surface area contributed by atoms with Crippen LogP contribution in [0.4, 0.5) is 0 Å². The van der Waals surface area contributed by atoms with E-state index in [1.54, 1.807) is 11.3 Å². The molecular formula is C21H29N5OS. The summed E-state index contributed by atoms with van der Waals surface area (Å²) in [6.07, 6.45) is 9.31. The van der Waals surface area contributed by atoms with E-state index >= 15 is 0 Å². The predicted octanol–water partition coefficient (Wildman–Crippen LogP) is 3.29. The molecule has 0 spiro atoms. The molecule has 1 fully saturated rings. The van der Waals surface area contributed by atoms with Gasteiger partial charge in [0.25, 0.3) is 0 Å². The lowest BCUT2D eigenvalue weighted by Crippen LogP contribution is -2.44. The molecule has 4 rings (SSSR count). The van der Waals surface area contributed by atoms with Gasteiger partial charge in [-0.3, -0.25) is 14.4 Å². The molecule has 1 aliphatic carbocycles. The van der Waals surface area contributed by atoms with E-state index < -0.39 is 0 Å². The normalized spacial score (nSPS) is 20.7. The van der Waals surface area contributed by atoms with Gasteiger partial charge in [0.15, 0.2) is 0 Å². The first kappa shape index (κ1) is 19.3. The van der Waals surface area contributed by atoms with Crippen LogP contribution >= 0.6 is 11.3 Å². The Kier molecular flexibility index (Phi) is 5.92. The van der Waals surface area contributed by atoms with Gasteiger partial charge in [-0.1, -0.05) is 12.2 Å². The second-order valence-corrected chi connectivity index (χ2v) is 8.85. The average molecular weight is 400 g/mol. The van der Waals surface area contributed by atoms with Gasteiger partial charge in [0.05, 0.1) is 21.8 Å². The molecule has 1 amide bonds. The number of hydrogen-bond acceptors (Lipinski definition) is 5. The van der Waals surface area contributed by atoms with Gasteiger partial charge in [0, 0.05) is 39.1 Å². The maximum Gasteiger partial charge on any atom is 0.220 e. The lowest BCUT2D eigenvalue weighted by atomic mass is 10.0. The number of likely N-dealkylation sites (tertiary alicyclic amines) is 1. The second kappa shape index (κ2) is 8.57. The summed E-state index contributed by atoms with van der Waals surface area (Å²) in [5.74, 6) is 0.660. The van der Waals surface area contributed by atoms with Gasteiger partial charge in [-0.05, 0) is 44.6 Å². The first-order valence-electron chi connectivity index (χ1n) is 10.2. The van der Waals surface area contributed by atoms with Crippen LogP contribution in [-0.4, -0.2) is 44.7 Å². The minimum atomic E-state index is 0.214. The van der Waals surface area contributed by atoms with E-state index in [1.165, 1.54) is 5.69 Å². The minimum absolute atomic E-state index is 0.214.